The highest BCUT2D eigenvalue weighted by molar-refractivity contribution is 4.52. The van der Waals surface area contributed by atoms with Crippen LogP contribution in [0.5, 0.6) is 0 Å². The molecule has 1 N–H and O–H groups in total. The SMILES string of the molecule is CC(C)CNCCCCCCOCCOC(C)C. The van der Waals surface area contributed by atoms with E-state index in [9.17, 15) is 0 Å². The second-order valence-corrected chi connectivity index (χ2v) is 5.54. The van der Waals surface area contributed by atoms with Crippen LogP contribution in [0.15, 0.2) is 0 Å². The molecule has 0 saturated carbocycles. The third-order valence-electron chi connectivity index (χ3n) is 2.62. The molecule has 0 spiro atoms. The van der Waals surface area contributed by atoms with Crippen molar-refractivity contribution in [2.24, 2.45) is 5.92 Å². The first-order valence-electron chi connectivity index (χ1n) is 7.53. The third kappa shape index (κ3) is 15.9. The van der Waals surface area contributed by atoms with Gasteiger partial charge in [-0.05, 0) is 45.7 Å². The Kier molecular flexibility index (Phi) is 13.2. The normalized spacial score (nSPS) is 11.7. The zero-order valence-corrected chi connectivity index (χ0v) is 12.8. The molecule has 0 aromatic rings. The molecule has 0 aliphatic rings. The molecule has 0 heterocycles. The molecule has 0 amide bonds. The smallest absolute Gasteiger partial charge is 0.0703 e. The molecule has 0 radical (unpaired) electrons. The molecule has 110 valence electrons. The summed E-state index contributed by atoms with van der Waals surface area (Å²) < 4.78 is 10.9. The van der Waals surface area contributed by atoms with Gasteiger partial charge in [-0.2, -0.15) is 0 Å². The lowest BCUT2D eigenvalue weighted by Gasteiger charge is -2.08. The van der Waals surface area contributed by atoms with E-state index in [4.69, 9.17) is 9.47 Å². The summed E-state index contributed by atoms with van der Waals surface area (Å²) in [4.78, 5) is 0. The Morgan fingerprint density at radius 2 is 1.56 bits per heavy atom. The highest BCUT2D eigenvalue weighted by Gasteiger charge is 1.95. The molecule has 0 bridgehead atoms. The fourth-order valence-electron chi connectivity index (χ4n) is 1.64. The first-order chi connectivity index (χ1) is 8.63. The van der Waals surface area contributed by atoms with Gasteiger partial charge in [0.1, 0.15) is 0 Å². The minimum Gasteiger partial charge on any atom is -0.379 e. The molecule has 0 fully saturated rings. The number of hydrogen-bond donors (Lipinski definition) is 1. The maximum Gasteiger partial charge on any atom is 0.0703 e. The lowest BCUT2D eigenvalue weighted by Crippen LogP contribution is -2.20. The molecule has 18 heavy (non-hydrogen) atoms. The van der Waals surface area contributed by atoms with Crippen LogP contribution in [0.3, 0.4) is 0 Å². The zero-order chi connectivity index (χ0) is 13.6. The van der Waals surface area contributed by atoms with Gasteiger partial charge in [0.25, 0.3) is 0 Å². The molecule has 0 rings (SSSR count). The Hall–Kier alpha value is -0.120. The van der Waals surface area contributed by atoms with Gasteiger partial charge in [-0.25, -0.2) is 0 Å². The minimum atomic E-state index is 0.312. The molecule has 0 aliphatic heterocycles. The van der Waals surface area contributed by atoms with Gasteiger partial charge in [0.2, 0.25) is 0 Å². The van der Waals surface area contributed by atoms with Crippen LogP contribution in [0.2, 0.25) is 0 Å². The Morgan fingerprint density at radius 1 is 0.833 bits per heavy atom. The number of rotatable bonds is 13. The maximum absolute atomic E-state index is 5.50. The molecule has 3 nitrogen and oxygen atoms in total. The van der Waals surface area contributed by atoms with Crippen molar-refractivity contribution in [2.45, 2.75) is 59.5 Å². The second kappa shape index (κ2) is 13.3. The highest BCUT2D eigenvalue weighted by Crippen LogP contribution is 2.00. The summed E-state index contributed by atoms with van der Waals surface area (Å²) >= 11 is 0. The molecule has 0 aromatic carbocycles. The van der Waals surface area contributed by atoms with E-state index in [-0.39, 0.29) is 0 Å². The molecule has 0 atom stereocenters. The van der Waals surface area contributed by atoms with Gasteiger partial charge < -0.3 is 14.8 Å². The lowest BCUT2D eigenvalue weighted by atomic mass is 10.2. The number of unbranched alkanes of at least 4 members (excludes halogenated alkanes) is 3. The van der Waals surface area contributed by atoms with Gasteiger partial charge in [-0.3, -0.25) is 0 Å². The predicted molar refractivity (Wildman–Crippen MR) is 78.1 cm³/mol. The summed E-state index contributed by atoms with van der Waals surface area (Å²) in [5.74, 6) is 0.756. The summed E-state index contributed by atoms with van der Waals surface area (Å²) in [5.41, 5.74) is 0. The Morgan fingerprint density at radius 3 is 2.22 bits per heavy atom. The molecular formula is C15H33NO2. The Balaban J connectivity index is 2.95. The van der Waals surface area contributed by atoms with Crippen LogP contribution < -0.4 is 5.32 Å². The second-order valence-electron chi connectivity index (χ2n) is 5.54. The molecule has 3 heteroatoms. The van der Waals surface area contributed by atoms with E-state index in [0.29, 0.717) is 6.10 Å². The number of ether oxygens (including phenoxy) is 2. The van der Waals surface area contributed by atoms with E-state index in [2.05, 4.69) is 19.2 Å². The van der Waals surface area contributed by atoms with E-state index in [0.717, 1.165) is 38.8 Å². The first-order valence-corrected chi connectivity index (χ1v) is 7.53. The fourth-order valence-corrected chi connectivity index (χ4v) is 1.64. The highest BCUT2D eigenvalue weighted by atomic mass is 16.5. The Bertz CT molecular complexity index is 143. The average molecular weight is 259 g/mol. The molecule has 0 saturated heterocycles. The van der Waals surface area contributed by atoms with Gasteiger partial charge in [0.15, 0.2) is 0 Å². The predicted octanol–water partition coefficient (Wildman–Crippen LogP) is 3.23. The number of hydrogen-bond acceptors (Lipinski definition) is 3. The van der Waals surface area contributed by atoms with E-state index in [1.807, 2.05) is 13.8 Å². The molecule has 0 aliphatic carbocycles. The average Bonchev–Trinajstić information content (AvgIpc) is 2.29. The lowest BCUT2D eigenvalue weighted by molar-refractivity contribution is 0.0186. The van der Waals surface area contributed by atoms with Crippen LogP contribution in [0, 0.1) is 5.92 Å². The maximum atomic E-state index is 5.50. The van der Waals surface area contributed by atoms with Gasteiger partial charge in [-0.15, -0.1) is 0 Å². The topological polar surface area (TPSA) is 30.5 Å². The van der Waals surface area contributed by atoms with Crippen molar-refractivity contribution in [1.82, 2.24) is 5.32 Å². The van der Waals surface area contributed by atoms with Crippen molar-refractivity contribution in [2.75, 3.05) is 32.9 Å². The summed E-state index contributed by atoms with van der Waals surface area (Å²) in [6.07, 6.45) is 5.34. The fraction of sp³-hybridized carbons (Fsp3) is 1.00. The van der Waals surface area contributed by atoms with Gasteiger partial charge >= 0.3 is 0 Å². The third-order valence-corrected chi connectivity index (χ3v) is 2.62. The summed E-state index contributed by atoms with van der Waals surface area (Å²) in [5, 5.41) is 3.47. The van der Waals surface area contributed by atoms with Gasteiger partial charge in [0, 0.05) is 6.61 Å². The van der Waals surface area contributed by atoms with Crippen molar-refractivity contribution < 1.29 is 9.47 Å². The Labute approximate surface area is 114 Å². The summed E-state index contributed by atoms with van der Waals surface area (Å²) in [6.45, 7) is 13.2. The van der Waals surface area contributed by atoms with Crippen LogP contribution in [0.1, 0.15) is 53.4 Å². The van der Waals surface area contributed by atoms with Crippen LogP contribution in [0.25, 0.3) is 0 Å². The molecule has 0 aromatic heterocycles. The summed E-state index contributed by atoms with van der Waals surface area (Å²) in [7, 11) is 0. The van der Waals surface area contributed by atoms with E-state index in [1.165, 1.54) is 25.7 Å². The van der Waals surface area contributed by atoms with Crippen LogP contribution >= 0.6 is 0 Å². The van der Waals surface area contributed by atoms with Gasteiger partial charge in [0.05, 0.1) is 19.3 Å². The van der Waals surface area contributed by atoms with Crippen LogP contribution in [-0.2, 0) is 9.47 Å². The van der Waals surface area contributed by atoms with E-state index < -0.39 is 0 Å². The molecular weight excluding hydrogens is 226 g/mol. The summed E-state index contributed by atoms with van der Waals surface area (Å²) in [6, 6.07) is 0. The first kappa shape index (κ1) is 17.9. The van der Waals surface area contributed by atoms with Crippen molar-refractivity contribution in [1.29, 1.82) is 0 Å². The minimum absolute atomic E-state index is 0.312. The van der Waals surface area contributed by atoms with Crippen LogP contribution in [0.4, 0.5) is 0 Å². The van der Waals surface area contributed by atoms with Crippen molar-refractivity contribution in [3.63, 3.8) is 0 Å². The molecule has 0 unspecified atom stereocenters. The standard InChI is InChI=1S/C15H33NO2/c1-14(2)13-16-9-7-5-6-8-10-17-11-12-18-15(3)4/h14-16H,5-13H2,1-4H3. The van der Waals surface area contributed by atoms with Crippen LogP contribution in [-0.4, -0.2) is 39.0 Å². The van der Waals surface area contributed by atoms with Crippen molar-refractivity contribution in [3.05, 3.63) is 0 Å². The van der Waals surface area contributed by atoms with Crippen molar-refractivity contribution in [3.8, 4) is 0 Å². The van der Waals surface area contributed by atoms with Gasteiger partial charge in [-0.1, -0.05) is 26.7 Å². The van der Waals surface area contributed by atoms with E-state index >= 15 is 0 Å². The quantitative estimate of drug-likeness (QED) is 0.515. The van der Waals surface area contributed by atoms with E-state index in [1.54, 1.807) is 0 Å². The van der Waals surface area contributed by atoms with Crippen molar-refractivity contribution >= 4 is 0 Å². The zero-order valence-electron chi connectivity index (χ0n) is 12.8. The largest absolute Gasteiger partial charge is 0.379 e. The monoisotopic (exact) mass is 259 g/mol. The number of nitrogens with one attached hydrogen (secondary N) is 1.